The third kappa shape index (κ3) is 3.57. The summed E-state index contributed by atoms with van der Waals surface area (Å²) in [5.74, 6) is 0.684. The predicted molar refractivity (Wildman–Crippen MR) is 109 cm³/mol. The summed E-state index contributed by atoms with van der Waals surface area (Å²) < 4.78 is 5.91. The van der Waals surface area contributed by atoms with Gasteiger partial charge in [0.25, 0.3) is 0 Å². The molecular weight excluding hydrogens is 360 g/mol. The summed E-state index contributed by atoms with van der Waals surface area (Å²) in [6.45, 7) is 4.00. The summed E-state index contributed by atoms with van der Waals surface area (Å²) in [6, 6.07) is 16.6. The van der Waals surface area contributed by atoms with E-state index in [1.54, 1.807) is 24.4 Å². The molecule has 0 aliphatic carbocycles. The lowest BCUT2D eigenvalue weighted by Gasteiger charge is -2.03. The molecule has 5 heteroatoms. The smallest absolute Gasteiger partial charge is 0.227 e. The maximum Gasteiger partial charge on any atom is 0.227 e. The molecule has 0 aliphatic heterocycles. The number of aryl methyl sites for hydroxylation is 2. The highest BCUT2D eigenvalue weighted by Crippen LogP contribution is 2.30. The quantitative estimate of drug-likeness (QED) is 0.432. The van der Waals surface area contributed by atoms with E-state index < -0.39 is 0 Å². The number of aromatic nitrogens is 1. The molecule has 0 unspecified atom stereocenters. The predicted octanol–water partition coefficient (Wildman–Crippen LogP) is 6.22. The molecule has 4 aromatic rings. The maximum atomic E-state index is 9.94. The van der Waals surface area contributed by atoms with Crippen molar-refractivity contribution < 1.29 is 9.52 Å². The standard InChI is InChI=1S/C22H17ClN2O2/c1-13-3-7-18-21(9-13)27-22(25-18)15-5-4-14(2)19(11-15)24-12-16-10-17(23)6-8-20(16)26/h3-12,26H,1-2H3. The van der Waals surface area contributed by atoms with Gasteiger partial charge in [-0.05, 0) is 67.4 Å². The van der Waals surface area contributed by atoms with Crippen LogP contribution in [0.4, 0.5) is 5.69 Å². The monoisotopic (exact) mass is 376 g/mol. The number of rotatable bonds is 3. The molecule has 0 radical (unpaired) electrons. The van der Waals surface area contributed by atoms with E-state index in [0.717, 1.165) is 33.5 Å². The Morgan fingerprint density at radius 1 is 1.04 bits per heavy atom. The van der Waals surface area contributed by atoms with Crippen molar-refractivity contribution in [2.75, 3.05) is 0 Å². The van der Waals surface area contributed by atoms with Gasteiger partial charge >= 0.3 is 0 Å². The number of halogens is 1. The van der Waals surface area contributed by atoms with Crippen molar-refractivity contribution in [2.45, 2.75) is 13.8 Å². The van der Waals surface area contributed by atoms with Crippen LogP contribution < -0.4 is 0 Å². The van der Waals surface area contributed by atoms with Crippen LogP contribution in [0.25, 0.3) is 22.6 Å². The zero-order chi connectivity index (χ0) is 19.0. The first-order valence-corrected chi connectivity index (χ1v) is 8.88. The van der Waals surface area contributed by atoms with Crippen molar-refractivity contribution in [3.05, 3.63) is 76.3 Å². The van der Waals surface area contributed by atoms with E-state index in [-0.39, 0.29) is 5.75 Å². The van der Waals surface area contributed by atoms with E-state index in [9.17, 15) is 5.11 Å². The van der Waals surface area contributed by atoms with Crippen molar-refractivity contribution in [3.63, 3.8) is 0 Å². The highest BCUT2D eigenvalue weighted by Gasteiger charge is 2.10. The molecule has 0 bridgehead atoms. The first kappa shape index (κ1) is 17.3. The number of phenolic OH excluding ortho intramolecular Hbond substituents is 1. The fraction of sp³-hybridized carbons (Fsp3) is 0.0909. The molecule has 0 atom stereocenters. The fourth-order valence-corrected chi connectivity index (χ4v) is 2.99. The van der Waals surface area contributed by atoms with Crippen LogP contribution in [0.3, 0.4) is 0 Å². The number of hydrogen-bond acceptors (Lipinski definition) is 4. The van der Waals surface area contributed by atoms with Gasteiger partial charge in [-0.1, -0.05) is 23.7 Å². The lowest BCUT2D eigenvalue weighted by Crippen LogP contribution is -1.84. The molecule has 3 aromatic carbocycles. The van der Waals surface area contributed by atoms with Gasteiger partial charge in [-0.25, -0.2) is 4.98 Å². The molecular formula is C22H17ClN2O2. The zero-order valence-electron chi connectivity index (χ0n) is 14.9. The SMILES string of the molecule is Cc1ccc2nc(-c3ccc(C)c(N=Cc4cc(Cl)ccc4O)c3)oc2c1. The van der Waals surface area contributed by atoms with Gasteiger partial charge in [0.15, 0.2) is 5.58 Å². The van der Waals surface area contributed by atoms with E-state index in [1.807, 2.05) is 50.2 Å². The number of nitrogens with zero attached hydrogens (tertiary/aromatic N) is 2. The number of phenols is 1. The molecule has 0 fully saturated rings. The summed E-state index contributed by atoms with van der Waals surface area (Å²) in [6.07, 6.45) is 1.60. The van der Waals surface area contributed by atoms with Crippen molar-refractivity contribution in [1.82, 2.24) is 4.98 Å². The highest BCUT2D eigenvalue weighted by molar-refractivity contribution is 6.30. The summed E-state index contributed by atoms with van der Waals surface area (Å²) >= 11 is 5.99. The number of oxazole rings is 1. The maximum absolute atomic E-state index is 9.94. The second-order valence-electron chi connectivity index (χ2n) is 6.45. The van der Waals surface area contributed by atoms with Gasteiger partial charge in [0.05, 0.1) is 5.69 Å². The van der Waals surface area contributed by atoms with Crippen LogP contribution in [0.1, 0.15) is 16.7 Å². The second-order valence-corrected chi connectivity index (χ2v) is 6.89. The molecule has 0 spiro atoms. The molecule has 0 saturated carbocycles. The first-order chi connectivity index (χ1) is 13.0. The molecule has 1 heterocycles. The Bertz CT molecular complexity index is 1180. The van der Waals surface area contributed by atoms with Gasteiger partial charge in [0.1, 0.15) is 11.3 Å². The van der Waals surface area contributed by atoms with Crippen LogP contribution in [-0.4, -0.2) is 16.3 Å². The number of benzene rings is 3. The van der Waals surface area contributed by atoms with Gasteiger partial charge in [-0.3, -0.25) is 4.99 Å². The Hall–Kier alpha value is -3.11. The van der Waals surface area contributed by atoms with Gasteiger partial charge in [-0.2, -0.15) is 0 Å². The topological polar surface area (TPSA) is 58.6 Å². The molecule has 4 rings (SSSR count). The number of aromatic hydroxyl groups is 1. The van der Waals surface area contributed by atoms with Crippen molar-refractivity contribution in [3.8, 4) is 17.2 Å². The molecule has 0 amide bonds. The third-order valence-corrected chi connectivity index (χ3v) is 4.57. The van der Waals surface area contributed by atoms with Crippen molar-refractivity contribution >= 4 is 34.6 Å². The van der Waals surface area contributed by atoms with Gasteiger partial charge in [0, 0.05) is 22.4 Å². The van der Waals surface area contributed by atoms with E-state index in [4.69, 9.17) is 16.0 Å². The Kier molecular flexibility index (Phi) is 4.42. The number of fused-ring (bicyclic) bond motifs is 1. The molecule has 27 heavy (non-hydrogen) atoms. The van der Waals surface area contributed by atoms with Gasteiger partial charge < -0.3 is 9.52 Å². The number of hydrogen-bond donors (Lipinski definition) is 1. The largest absolute Gasteiger partial charge is 0.507 e. The fourth-order valence-electron chi connectivity index (χ4n) is 2.80. The molecule has 1 aromatic heterocycles. The van der Waals surface area contributed by atoms with Crippen LogP contribution in [0.15, 0.2) is 64.0 Å². The molecule has 0 aliphatic rings. The Morgan fingerprint density at radius 2 is 1.89 bits per heavy atom. The second kappa shape index (κ2) is 6.89. The Balaban J connectivity index is 1.72. The lowest BCUT2D eigenvalue weighted by atomic mass is 10.1. The van der Waals surface area contributed by atoms with E-state index in [0.29, 0.717) is 16.5 Å². The minimum absolute atomic E-state index is 0.131. The van der Waals surface area contributed by atoms with E-state index in [1.165, 1.54) is 0 Å². The summed E-state index contributed by atoms with van der Waals surface area (Å²) in [5.41, 5.74) is 5.89. The van der Waals surface area contributed by atoms with Crippen LogP contribution in [0.2, 0.25) is 5.02 Å². The third-order valence-electron chi connectivity index (χ3n) is 4.33. The lowest BCUT2D eigenvalue weighted by molar-refractivity contribution is 0.474. The molecule has 4 nitrogen and oxygen atoms in total. The highest BCUT2D eigenvalue weighted by atomic mass is 35.5. The minimum atomic E-state index is 0.131. The van der Waals surface area contributed by atoms with E-state index >= 15 is 0 Å². The summed E-state index contributed by atoms with van der Waals surface area (Å²) in [5, 5.41) is 10.5. The molecule has 0 saturated heterocycles. The molecule has 1 N–H and O–H groups in total. The molecule has 134 valence electrons. The van der Waals surface area contributed by atoms with Crippen molar-refractivity contribution in [1.29, 1.82) is 0 Å². The number of aliphatic imine (C=N–C) groups is 1. The summed E-state index contributed by atoms with van der Waals surface area (Å²) in [7, 11) is 0. The average molecular weight is 377 g/mol. The Morgan fingerprint density at radius 3 is 2.74 bits per heavy atom. The first-order valence-electron chi connectivity index (χ1n) is 8.50. The normalized spacial score (nSPS) is 11.5. The van der Waals surface area contributed by atoms with Gasteiger partial charge in [-0.15, -0.1) is 0 Å². The average Bonchev–Trinajstić information content (AvgIpc) is 3.06. The van der Waals surface area contributed by atoms with Crippen LogP contribution in [0.5, 0.6) is 5.75 Å². The van der Waals surface area contributed by atoms with Crippen molar-refractivity contribution in [2.24, 2.45) is 4.99 Å². The van der Waals surface area contributed by atoms with Gasteiger partial charge in [0.2, 0.25) is 5.89 Å². The van der Waals surface area contributed by atoms with Crippen LogP contribution in [-0.2, 0) is 0 Å². The van der Waals surface area contributed by atoms with Crippen LogP contribution in [0, 0.1) is 13.8 Å². The van der Waals surface area contributed by atoms with E-state index in [2.05, 4.69) is 9.98 Å². The minimum Gasteiger partial charge on any atom is -0.507 e. The Labute approximate surface area is 161 Å². The van der Waals surface area contributed by atoms with Crippen LogP contribution >= 0.6 is 11.6 Å². The summed E-state index contributed by atoms with van der Waals surface area (Å²) in [4.78, 5) is 9.08. The zero-order valence-corrected chi connectivity index (χ0v) is 15.7.